The van der Waals surface area contributed by atoms with Gasteiger partial charge in [-0.3, -0.25) is 0 Å². The van der Waals surface area contributed by atoms with E-state index in [1.165, 1.54) is 0 Å². The molecule has 0 aromatic heterocycles. The van der Waals surface area contributed by atoms with Crippen LogP contribution in [-0.2, 0) is 23.1 Å². The fourth-order valence-corrected chi connectivity index (χ4v) is 4.15. The molecule has 0 spiro atoms. The van der Waals surface area contributed by atoms with E-state index >= 15 is 0 Å². The molecule has 0 radical (unpaired) electrons. The van der Waals surface area contributed by atoms with Gasteiger partial charge in [0.2, 0.25) is 10.0 Å². The Balaban J connectivity index is 1.62. The maximum Gasteiger partial charge on any atom is 0.213 e. The van der Waals surface area contributed by atoms with E-state index in [2.05, 4.69) is 10.0 Å². The van der Waals surface area contributed by atoms with Gasteiger partial charge in [-0.2, -0.15) is 0 Å². The van der Waals surface area contributed by atoms with Crippen LogP contribution in [0.25, 0.3) is 0 Å². The Kier molecular flexibility index (Phi) is 5.27. The second-order valence-corrected chi connectivity index (χ2v) is 7.80. The fraction of sp³-hybridized carbons (Fsp3) is 0.333. The third-order valence-electron chi connectivity index (χ3n) is 4.31. The zero-order valence-corrected chi connectivity index (χ0v) is 15.1. The van der Waals surface area contributed by atoms with Gasteiger partial charge in [0.1, 0.15) is 11.5 Å². The van der Waals surface area contributed by atoms with Crippen LogP contribution in [-0.4, -0.2) is 28.4 Å². The average molecular weight is 362 g/mol. The average Bonchev–Trinajstić information content (AvgIpc) is 3.02. The second kappa shape index (κ2) is 7.43. The van der Waals surface area contributed by atoms with Gasteiger partial charge in [-0.1, -0.05) is 18.2 Å². The number of fused-ring (bicyclic) bond motifs is 1. The maximum absolute atomic E-state index is 12.4. The summed E-state index contributed by atoms with van der Waals surface area (Å²) in [5, 5.41) is 3.25. The van der Waals surface area contributed by atoms with E-state index in [-0.39, 0.29) is 18.3 Å². The molecule has 2 aromatic rings. The number of rotatable bonds is 7. The van der Waals surface area contributed by atoms with Crippen molar-refractivity contribution in [1.82, 2.24) is 10.0 Å². The van der Waals surface area contributed by atoms with E-state index in [9.17, 15) is 8.42 Å². The van der Waals surface area contributed by atoms with Gasteiger partial charge < -0.3 is 14.8 Å². The van der Waals surface area contributed by atoms with Gasteiger partial charge in [0.05, 0.1) is 20.0 Å². The normalized spacial score (nSPS) is 16.5. The van der Waals surface area contributed by atoms with Crippen LogP contribution in [0.3, 0.4) is 0 Å². The Bertz CT molecular complexity index is 835. The molecule has 1 aliphatic rings. The first-order valence-corrected chi connectivity index (χ1v) is 9.66. The van der Waals surface area contributed by atoms with Crippen LogP contribution in [0.15, 0.2) is 42.5 Å². The standard InChI is InChI=1S/C18H22N2O4S/c1-23-15-5-3-13(4-6-15)10-20-25(21,22)12-18-17-8-7-16(24-2)9-14(17)11-19-18/h3-9,18-20H,10-12H2,1-2H3. The van der Waals surface area contributed by atoms with Crippen LogP contribution in [0.1, 0.15) is 22.7 Å². The van der Waals surface area contributed by atoms with E-state index < -0.39 is 10.0 Å². The molecule has 134 valence electrons. The predicted molar refractivity (Wildman–Crippen MR) is 96.2 cm³/mol. The molecule has 1 aliphatic heterocycles. The van der Waals surface area contributed by atoms with Crippen molar-refractivity contribution in [3.63, 3.8) is 0 Å². The number of hydrogen-bond donors (Lipinski definition) is 2. The van der Waals surface area contributed by atoms with Crippen molar-refractivity contribution < 1.29 is 17.9 Å². The van der Waals surface area contributed by atoms with Crippen LogP contribution < -0.4 is 19.5 Å². The minimum Gasteiger partial charge on any atom is -0.497 e. The molecule has 2 aromatic carbocycles. The molecular formula is C18H22N2O4S. The molecule has 7 heteroatoms. The summed E-state index contributed by atoms with van der Waals surface area (Å²) in [6.07, 6.45) is 0. The minimum absolute atomic E-state index is 0.00246. The van der Waals surface area contributed by atoms with E-state index in [1.807, 2.05) is 42.5 Å². The van der Waals surface area contributed by atoms with Crippen LogP contribution >= 0.6 is 0 Å². The first kappa shape index (κ1) is 17.7. The summed E-state index contributed by atoms with van der Waals surface area (Å²) in [4.78, 5) is 0. The van der Waals surface area contributed by atoms with Gasteiger partial charge in [0, 0.05) is 19.1 Å². The SMILES string of the molecule is COc1ccc(CNS(=O)(=O)CC2NCc3cc(OC)ccc32)cc1. The number of hydrogen-bond acceptors (Lipinski definition) is 5. The lowest BCUT2D eigenvalue weighted by molar-refractivity contribution is 0.414. The van der Waals surface area contributed by atoms with Crippen molar-refractivity contribution in [3.8, 4) is 11.5 Å². The quantitative estimate of drug-likeness (QED) is 0.787. The lowest BCUT2D eigenvalue weighted by Gasteiger charge is -2.14. The van der Waals surface area contributed by atoms with Crippen LogP contribution in [0.5, 0.6) is 11.5 Å². The molecule has 1 unspecified atom stereocenters. The summed E-state index contributed by atoms with van der Waals surface area (Å²) in [5.74, 6) is 1.53. The van der Waals surface area contributed by atoms with E-state index in [0.717, 1.165) is 28.2 Å². The van der Waals surface area contributed by atoms with Gasteiger partial charge in [-0.25, -0.2) is 13.1 Å². The van der Waals surface area contributed by atoms with Crippen molar-refractivity contribution in [2.45, 2.75) is 19.1 Å². The van der Waals surface area contributed by atoms with Gasteiger partial charge in [0.25, 0.3) is 0 Å². The van der Waals surface area contributed by atoms with E-state index in [0.29, 0.717) is 6.54 Å². The minimum atomic E-state index is -3.41. The van der Waals surface area contributed by atoms with Crippen molar-refractivity contribution >= 4 is 10.0 Å². The van der Waals surface area contributed by atoms with Crippen molar-refractivity contribution in [3.05, 3.63) is 59.2 Å². The third kappa shape index (κ3) is 4.31. The molecule has 0 bridgehead atoms. The Morgan fingerprint density at radius 1 is 1.08 bits per heavy atom. The number of nitrogens with one attached hydrogen (secondary N) is 2. The molecule has 0 fully saturated rings. The summed E-state index contributed by atoms with van der Waals surface area (Å²) in [7, 11) is -0.195. The molecule has 0 aliphatic carbocycles. The number of methoxy groups -OCH3 is 2. The number of benzene rings is 2. The largest absolute Gasteiger partial charge is 0.497 e. The van der Waals surface area contributed by atoms with Crippen LogP contribution in [0, 0.1) is 0 Å². The predicted octanol–water partition coefficient (Wildman–Crippen LogP) is 1.97. The van der Waals surface area contributed by atoms with Gasteiger partial charge in [-0.05, 0) is 41.0 Å². The Morgan fingerprint density at radius 3 is 2.44 bits per heavy atom. The zero-order chi connectivity index (χ0) is 17.9. The highest BCUT2D eigenvalue weighted by molar-refractivity contribution is 7.89. The van der Waals surface area contributed by atoms with Crippen molar-refractivity contribution in [2.24, 2.45) is 0 Å². The topological polar surface area (TPSA) is 76.7 Å². The Labute approximate surface area is 148 Å². The molecule has 25 heavy (non-hydrogen) atoms. The van der Waals surface area contributed by atoms with Crippen LogP contribution in [0.2, 0.25) is 0 Å². The third-order valence-corrected chi connectivity index (χ3v) is 5.66. The zero-order valence-electron chi connectivity index (χ0n) is 14.3. The monoisotopic (exact) mass is 362 g/mol. The summed E-state index contributed by atoms with van der Waals surface area (Å²) >= 11 is 0. The maximum atomic E-state index is 12.4. The lowest BCUT2D eigenvalue weighted by Crippen LogP contribution is -2.31. The second-order valence-electron chi connectivity index (χ2n) is 5.95. The molecular weight excluding hydrogens is 340 g/mol. The number of sulfonamides is 1. The molecule has 0 amide bonds. The fourth-order valence-electron chi connectivity index (χ4n) is 2.91. The molecule has 0 saturated heterocycles. The van der Waals surface area contributed by atoms with Crippen molar-refractivity contribution in [2.75, 3.05) is 20.0 Å². The van der Waals surface area contributed by atoms with Gasteiger partial charge in [0.15, 0.2) is 0 Å². The highest BCUT2D eigenvalue weighted by atomic mass is 32.2. The molecule has 1 atom stereocenters. The van der Waals surface area contributed by atoms with Gasteiger partial charge >= 0.3 is 0 Å². The summed E-state index contributed by atoms with van der Waals surface area (Å²) < 4.78 is 37.8. The van der Waals surface area contributed by atoms with Crippen molar-refractivity contribution in [1.29, 1.82) is 0 Å². The molecule has 2 N–H and O–H groups in total. The summed E-state index contributed by atoms with van der Waals surface area (Å²) in [6, 6.07) is 12.8. The molecule has 0 saturated carbocycles. The lowest BCUT2D eigenvalue weighted by atomic mass is 10.1. The molecule has 1 heterocycles. The van der Waals surface area contributed by atoms with E-state index in [1.54, 1.807) is 14.2 Å². The molecule has 3 rings (SSSR count). The van der Waals surface area contributed by atoms with Crippen LogP contribution in [0.4, 0.5) is 0 Å². The smallest absolute Gasteiger partial charge is 0.213 e. The summed E-state index contributed by atoms with van der Waals surface area (Å²) in [6.45, 7) is 0.902. The highest BCUT2D eigenvalue weighted by Crippen LogP contribution is 2.29. The Morgan fingerprint density at radius 2 is 1.76 bits per heavy atom. The van der Waals surface area contributed by atoms with Gasteiger partial charge in [-0.15, -0.1) is 0 Å². The summed E-state index contributed by atoms with van der Waals surface area (Å²) in [5.41, 5.74) is 2.97. The number of ether oxygens (including phenoxy) is 2. The molecule has 6 nitrogen and oxygen atoms in total. The first-order chi connectivity index (χ1) is 12.0. The highest BCUT2D eigenvalue weighted by Gasteiger charge is 2.27. The first-order valence-electron chi connectivity index (χ1n) is 8.01. The Hall–Kier alpha value is -2.09. The van der Waals surface area contributed by atoms with E-state index in [4.69, 9.17) is 9.47 Å².